The van der Waals surface area contributed by atoms with Crippen LogP contribution in [0, 0.1) is 18.8 Å². The third-order valence-electron chi connectivity index (χ3n) is 6.75. The van der Waals surface area contributed by atoms with Crippen molar-refractivity contribution in [3.63, 3.8) is 0 Å². The van der Waals surface area contributed by atoms with E-state index in [9.17, 15) is 14.4 Å². The number of thiazole rings is 2. The maximum absolute atomic E-state index is 11.0. The number of ether oxygens (including phenoxy) is 2. The Morgan fingerprint density at radius 2 is 1.31 bits per heavy atom. The van der Waals surface area contributed by atoms with Crippen LogP contribution in [-0.2, 0) is 19.1 Å². The highest BCUT2D eigenvalue weighted by atomic mass is 32.1. The van der Waals surface area contributed by atoms with Crippen molar-refractivity contribution in [2.75, 3.05) is 27.3 Å². The molecule has 1 N–H and O–H groups in total. The molecule has 10 nitrogen and oxygen atoms in total. The van der Waals surface area contributed by atoms with Crippen LogP contribution in [0.2, 0.25) is 0 Å². The quantitative estimate of drug-likeness (QED) is 0.174. The highest BCUT2D eigenvalue weighted by Gasteiger charge is 2.28. The molecule has 2 aromatic rings. The minimum absolute atomic E-state index is 0.00592. The average molecular weight is 620 g/mol. The third-order valence-corrected chi connectivity index (χ3v) is 8.74. The summed E-state index contributed by atoms with van der Waals surface area (Å²) in [5, 5.41) is 14.2. The van der Waals surface area contributed by atoms with Crippen LogP contribution in [0.4, 0.5) is 0 Å². The molecule has 14 heteroatoms. The average Bonchev–Trinajstić information content (AvgIpc) is 3.59. The summed E-state index contributed by atoms with van der Waals surface area (Å²) < 4.78 is 11.6. The molecule has 0 aliphatic carbocycles. The topological polar surface area (TPSA) is 122 Å². The normalized spacial score (nSPS) is 14.3. The lowest BCUT2D eigenvalue weighted by molar-refractivity contribution is 0.0362. The van der Waals surface area contributed by atoms with Crippen molar-refractivity contribution in [3.05, 3.63) is 32.2 Å². The van der Waals surface area contributed by atoms with Crippen LogP contribution in [0.3, 0.4) is 0 Å². The largest absolute Gasteiger partial charge is 0.476 e. The predicted octanol–water partition coefficient (Wildman–Crippen LogP) is 4.76. The number of hydrogen-bond acceptors (Lipinski definition) is 11. The maximum atomic E-state index is 11.0. The zero-order valence-electron chi connectivity index (χ0n) is 26.4. The fourth-order valence-electron chi connectivity index (χ4n) is 4.61. The van der Waals surface area contributed by atoms with Crippen molar-refractivity contribution >= 4 is 55.8 Å². The molecule has 2 aromatic heterocycles. The van der Waals surface area contributed by atoms with Crippen molar-refractivity contribution in [3.8, 4) is 0 Å². The standard InChI is InChI=1S/C14H22BN2O4S.C14H24BN2O2S/c1-5-21-12(13-16-10(7-22-13)14(19)20)6-11(9(2)3)17(4)15-8-18;1-6-19-13(14-16-11(4)8-20-14)7-12(10(2)3)17(5)15-9-18/h7-9,11-12H,5-6H2,1-4H3,(H,19,20);8-10,12-13H,6-7H2,1-5H3/t11-,12+;12-,13+/m10/s1. The van der Waals surface area contributed by atoms with Crippen molar-refractivity contribution in [2.24, 2.45) is 11.8 Å². The Bertz CT molecular complexity index is 1070. The van der Waals surface area contributed by atoms with E-state index in [0.29, 0.717) is 36.5 Å². The van der Waals surface area contributed by atoms with Gasteiger partial charge >= 0.3 is 5.97 Å². The summed E-state index contributed by atoms with van der Waals surface area (Å²) in [6.07, 6.45) is 2.78. The number of rotatable bonds is 19. The number of aromatic nitrogens is 2. The van der Waals surface area contributed by atoms with E-state index in [2.05, 4.69) is 37.7 Å². The lowest BCUT2D eigenvalue weighted by Crippen LogP contribution is -2.40. The molecule has 0 aliphatic rings. The van der Waals surface area contributed by atoms with E-state index in [-0.39, 0.29) is 30.0 Å². The Hall–Kier alpha value is -1.96. The van der Waals surface area contributed by atoms with Gasteiger partial charge in [0.15, 0.2) is 5.69 Å². The summed E-state index contributed by atoms with van der Waals surface area (Å²) in [6, 6.07) is 0.347. The van der Waals surface area contributed by atoms with E-state index >= 15 is 0 Å². The summed E-state index contributed by atoms with van der Waals surface area (Å²) in [5.74, 6) is -0.298. The number of carbonyl (C=O) groups excluding carboxylic acids is 2. The first-order chi connectivity index (χ1) is 19.9. The van der Waals surface area contributed by atoms with Gasteiger partial charge < -0.3 is 33.8 Å². The van der Waals surface area contributed by atoms with Crippen LogP contribution in [0.15, 0.2) is 10.8 Å². The van der Waals surface area contributed by atoms with Crippen molar-refractivity contribution in [1.29, 1.82) is 0 Å². The number of nitrogens with zero attached hydrogens (tertiary/aromatic N) is 4. The molecule has 0 aliphatic heterocycles. The highest BCUT2D eigenvalue weighted by molar-refractivity contribution is 7.10. The van der Waals surface area contributed by atoms with E-state index < -0.39 is 5.97 Å². The molecular weight excluding hydrogens is 574 g/mol. The van der Waals surface area contributed by atoms with Crippen LogP contribution in [0.1, 0.15) is 92.8 Å². The number of hydrogen-bond donors (Lipinski definition) is 1. The predicted molar refractivity (Wildman–Crippen MR) is 172 cm³/mol. The molecule has 0 amide bonds. The molecule has 0 aromatic carbocycles. The lowest BCUT2D eigenvalue weighted by atomic mass is 9.86. The van der Waals surface area contributed by atoms with Gasteiger partial charge in [0.25, 0.3) is 14.8 Å². The van der Waals surface area contributed by atoms with Crippen LogP contribution < -0.4 is 0 Å². The van der Waals surface area contributed by atoms with Gasteiger partial charge in [0.05, 0.1) is 12.4 Å². The van der Waals surface area contributed by atoms with E-state index in [1.807, 2.05) is 49.9 Å². The number of carbonyl (C=O) groups is 3. The molecule has 0 saturated heterocycles. The number of aromatic carboxylic acids is 1. The van der Waals surface area contributed by atoms with Gasteiger partial charge in [0.2, 0.25) is 0 Å². The molecule has 0 fully saturated rings. The van der Waals surface area contributed by atoms with E-state index in [1.54, 1.807) is 18.8 Å². The molecule has 4 atom stereocenters. The first-order valence-electron chi connectivity index (χ1n) is 14.2. The Kier molecular flexibility index (Phi) is 18.2. The SMILES string of the molecule is CCO[C@@H](C[C@H](C(C)C)N(C)[B]C=O)c1nc(C(=O)O)cs1.CCO[C@H](C[C@@H](C(C)C)N(C)[B]C=O)c1nc(C)cs1. The molecule has 2 radical (unpaired) electrons. The summed E-state index contributed by atoms with van der Waals surface area (Å²) in [4.78, 5) is 44.9. The van der Waals surface area contributed by atoms with E-state index in [4.69, 9.17) is 14.6 Å². The second-order valence-corrected chi connectivity index (χ2v) is 12.4. The van der Waals surface area contributed by atoms with Gasteiger partial charge in [0.1, 0.15) is 22.2 Å². The zero-order valence-corrected chi connectivity index (χ0v) is 28.0. The number of carboxylic acids is 1. The first kappa shape index (κ1) is 38.1. The Balaban J connectivity index is 0.000000422. The second kappa shape index (κ2) is 20.1. The third kappa shape index (κ3) is 12.7. The van der Waals surface area contributed by atoms with Crippen LogP contribution in [0.5, 0.6) is 0 Å². The molecule has 42 heavy (non-hydrogen) atoms. The molecular formula is C28H46B2N4O6S2. The number of carboxylic acid groups (broad SMARTS) is 1. The minimum atomic E-state index is -1.04. The Labute approximate surface area is 260 Å². The first-order valence-corrected chi connectivity index (χ1v) is 16.0. The Morgan fingerprint density at radius 1 is 0.881 bits per heavy atom. The van der Waals surface area contributed by atoms with Gasteiger partial charge in [-0.1, -0.05) is 27.7 Å². The molecule has 0 unspecified atom stereocenters. The van der Waals surface area contributed by atoms with Gasteiger partial charge in [-0.15, -0.1) is 22.7 Å². The molecule has 0 bridgehead atoms. The monoisotopic (exact) mass is 620 g/mol. The van der Waals surface area contributed by atoms with Crippen molar-refractivity contribution < 1.29 is 29.0 Å². The zero-order chi connectivity index (χ0) is 31.8. The van der Waals surface area contributed by atoms with Gasteiger partial charge in [-0.3, -0.25) is 0 Å². The van der Waals surface area contributed by atoms with Crippen LogP contribution in [-0.4, -0.2) is 97.3 Å². The van der Waals surface area contributed by atoms with Crippen LogP contribution in [0.25, 0.3) is 0 Å². The highest BCUT2D eigenvalue weighted by Crippen LogP contribution is 2.30. The maximum Gasteiger partial charge on any atom is 0.355 e. The van der Waals surface area contributed by atoms with Gasteiger partial charge in [-0.2, -0.15) is 0 Å². The second-order valence-electron chi connectivity index (χ2n) is 10.6. The fraction of sp³-hybridized carbons (Fsp3) is 0.679. The molecule has 0 spiro atoms. The fourth-order valence-corrected chi connectivity index (χ4v) is 6.32. The van der Waals surface area contributed by atoms with E-state index in [1.165, 1.54) is 24.1 Å². The molecule has 232 valence electrons. The lowest BCUT2D eigenvalue weighted by Gasteiger charge is -2.32. The Morgan fingerprint density at radius 3 is 1.62 bits per heavy atom. The summed E-state index contributed by atoms with van der Waals surface area (Å²) >= 11 is 2.93. The van der Waals surface area contributed by atoms with Crippen LogP contribution >= 0.6 is 22.7 Å². The molecule has 2 rings (SSSR count). The van der Waals surface area contributed by atoms with Gasteiger partial charge in [-0.25, -0.2) is 14.8 Å². The van der Waals surface area contributed by atoms with Gasteiger partial charge in [-0.05, 0) is 59.5 Å². The smallest absolute Gasteiger partial charge is 0.355 e. The minimum Gasteiger partial charge on any atom is -0.476 e. The van der Waals surface area contributed by atoms with Crippen molar-refractivity contribution in [1.82, 2.24) is 19.6 Å². The molecule has 2 heterocycles. The van der Waals surface area contributed by atoms with Crippen molar-refractivity contribution in [2.45, 2.75) is 85.6 Å². The van der Waals surface area contributed by atoms with E-state index in [0.717, 1.165) is 29.5 Å². The summed E-state index contributed by atoms with van der Waals surface area (Å²) in [6.45, 7) is 15.5. The summed E-state index contributed by atoms with van der Waals surface area (Å²) in [5.41, 5.74) is 1.07. The molecule has 0 saturated carbocycles. The number of aryl methyl sites for hydroxylation is 1. The van der Waals surface area contributed by atoms with Gasteiger partial charge in [0, 0.05) is 41.8 Å². The summed E-state index contributed by atoms with van der Waals surface area (Å²) in [7, 11) is 6.88.